The molecule has 5 heteroatoms. The third-order valence-corrected chi connectivity index (χ3v) is 3.74. The predicted octanol–water partition coefficient (Wildman–Crippen LogP) is 4.36. The maximum absolute atomic E-state index is 13.6. The second-order valence-corrected chi connectivity index (χ2v) is 6.78. The molecule has 1 heterocycles. The molecular formula is C14H17FN2OS. The van der Waals surface area contributed by atoms with Crippen molar-refractivity contribution in [2.75, 3.05) is 0 Å². The molecule has 1 unspecified atom stereocenters. The van der Waals surface area contributed by atoms with Crippen LogP contribution in [0.4, 0.5) is 4.39 Å². The Morgan fingerprint density at radius 2 is 1.95 bits per heavy atom. The van der Waals surface area contributed by atoms with Crippen molar-refractivity contribution in [3.63, 3.8) is 0 Å². The van der Waals surface area contributed by atoms with Gasteiger partial charge in [0.05, 0.1) is 5.25 Å². The standard InChI is InChI=1S/C14H17FN2OS/c1-9(19-11-8-6-5-7-10(11)15)12-16-13(17-18-12)14(2,3)4/h5-9H,1-4H3. The third-order valence-electron chi connectivity index (χ3n) is 2.60. The fraction of sp³-hybridized carbons (Fsp3) is 0.429. The summed E-state index contributed by atoms with van der Waals surface area (Å²) in [6, 6.07) is 6.68. The number of aromatic nitrogens is 2. The molecule has 0 bridgehead atoms. The largest absolute Gasteiger partial charge is 0.338 e. The van der Waals surface area contributed by atoms with Crippen molar-refractivity contribution < 1.29 is 8.91 Å². The molecule has 0 aliphatic heterocycles. The van der Waals surface area contributed by atoms with Crippen molar-refractivity contribution in [1.82, 2.24) is 10.1 Å². The van der Waals surface area contributed by atoms with Crippen molar-refractivity contribution in [1.29, 1.82) is 0 Å². The molecule has 2 rings (SSSR count). The Labute approximate surface area is 116 Å². The average molecular weight is 280 g/mol. The maximum atomic E-state index is 13.6. The van der Waals surface area contributed by atoms with Crippen LogP contribution in [-0.4, -0.2) is 10.1 Å². The van der Waals surface area contributed by atoms with E-state index in [0.717, 1.165) is 0 Å². The van der Waals surface area contributed by atoms with Crippen molar-refractivity contribution >= 4 is 11.8 Å². The lowest BCUT2D eigenvalue weighted by molar-refractivity contribution is 0.364. The van der Waals surface area contributed by atoms with Gasteiger partial charge in [0.25, 0.3) is 0 Å². The summed E-state index contributed by atoms with van der Waals surface area (Å²) in [6.07, 6.45) is 0. The van der Waals surface area contributed by atoms with Crippen LogP contribution >= 0.6 is 11.8 Å². The van der Waals surface area contributed by atoms with E-state index in [-0.39, 0.29) is 16.5 Å². The monoisotopic (exact) mass is 280 g/mol. The third kappa shape index (κ3) is 3.35. The first-order chi connectivity index (χ1) is 8.88. The number of thioether (sulfide) groups is 1. The van der Waals surface area contributed by atoms with Gasteiger partial charge in [-0.3, -0.25) is 0 Å². The van der Waals surface area contributed by atoms with E-state index in [1.165, 1.54) is 17.8 Å². The van der Waals surface area contributed by atoms with Gasteiger partial charge in [0, 0.05) is 10.3 Å². The molecule has 0 aliphatic carbocycles. The Bertz CT molecular complexity index is 563. The van der Waals surface area contributed by atoms with Crippen LogP contribution in [-0.2, 0) is 5.41 Å². The highest BCUT2D eigenvalue weighted by atomic mass is 32.2. The van der Waals surface area contributed by atoms with Crippen molar-refractivity contribution in [3.05, 3.63) is 41.8 Å². The summed E-state index contributed by atoms with van der Waals surface area (Å²) < 4.78 is 18.8. The van der Waals surface area contributed by atoms with Gasteiger partial charge >= 0.3 is 0 Å². The SMILES string of the molecule is CC(Sc1ccccc1F)c1nc(C(C)(C)C)no1. The fourth-order valence-electron chi connectivity index (χ4n) is 1.49. The summed E-state index contributed by atoms with van der Waals surface area (Å²) >= 11 is 1.38. The molecule has 0 radical (unpaired) electrons. The minimum atomic E-state index is -0.227. The Morgan fingerprint density at radius 3 is 2.53 bits per heavy atom. The Balaban J connectivity index is 2.15. The van der Waals surface area contributed by atoms with E-state index in [4.69, 9.17) is 4.52 Å². The zero-order valence-corrected chi connectivity index (χ0v) is 12.3. The molecular weight excluding hydrogens is 263 g/mol. The van der Waals surface area contributed by atoms with Gasteiger partial charge in [-0.05, 0) is 19.1 Å². The van der Waals surface area contributed by atoms with E-state index in [1.54, 1.807) is 12.1 Å². The smallest absolute Gasteiger partial charge is 0.239 e. The van der Waals surface area contributed by atoms with Gasteiger partial charge < -0.3 is 4.52 Å². The highest BCUT2D eigenvalue weighted by Crippen LogP contribution is 2.35. The second kappa shape index (κ2) is 5.33. The Kier molecular flexibility index (Phi) is 3.94. The molecule has 0 spiro atoms. The topological polar surface area (TPSA) is 38.9 Å². The molecule has 1 aromatic carbocycles. The summed E-state index contributed by atoms with van der Waals surface area (Å²) in [5, 5.41) is 3.90. The molecule has 0 N–H and O–H groups in total. The highest BCUT2D eigenvalue weighted by molar-refractivity contribution is 7.99. The van der Waals surface area contributed by atoms with Gasteiger partial charge in [0.1, 0.15) is 5.82 Å². The van der Waals surface area contributed by atoms with Crippen LogP contribution in [0.1, 0.15) is 44.7 Å². The quantitative estimate of drug-likeness (QED) is 0.783. The van der Waals surface area contributed by atoms with Gasteiger partial charge in [-0.2, -0.15) is 4.98 Å². The summed E-state index contributed by atoms with van der Waals surface area (Å²) in [4.78, 5) is 4.97. The lowest BCUT2D eigenvalue weighted by Gasteiger charge is -2.11. The molecule has 0 aliphatic rings. The zero-order valence-electron chi connectivity index (χ0n) is 11.5. The molecule has 0 saturated heterocycles. The molecule has 1 atom stereocenters. The molecule has 102 valence electrons. The number of hydrogen-bond acceptors (Lipinski definition) is 4. The van der Waals surface area contributed by atoms with Crippen LogP contribution in [0.25, 0.3) is 0 Å². The van der Waals surface area contributed by atoms with Gasteiger partial charge in [0.2, 0.25) is 5.89 Å². The number of hydrogen-bond donors (Lipinski definition) is 0. The first-order valence-corrected chi connectivity index (χ1v) is 7.01. The van der Waals surface area contributed by atoms with Crippen LogP contribution in [0.2, 0.25) is 0 Å². The van der Waals surface area contributed by atoms with Gasteiger partial charge in [0.15, 0.2) is 5.82 Å². The Morgan fingerprint density at radius 1 is 1.26 bits per heavy atom. The second-order valence-electron chi connectivity index (χ2n) is 5.40. The molecule has 1 aromatic heterocycles. The fourth-order valence-corrected chi connectivity index (χ4v) is 2.40. The molecule has 0 saturated carbocycles. The minimum absolute atomic E-state index is 0.0829. The number of halogens is 1. The summed E-state index contributed by atoms with van der Waals surface area (Å²) in [7, 11) is 0. The van der Waals surface area contributed by atoms with E-state index in [9.17, 15) is 4.39 Å². The zero-order chi connectivity index (χ0) is 14.0. The highest BCUT2D eigenvalue weighted by Gasteiger charge is 2.23. The Hall–Kier alpha value is -1.36. The van der Waals surface area contributed by atoms with E-state index < -0.39 is 0 Å². The molecule has 19 heavy (non-hydrogen) atoms. The maximum Gasteiger partial charge on any atom is 0.239 e. The molecule has 2 aromatic rings. The average Bonchev–Trinajstić information content (AvgIpc) is 2.81. The predicted molar refractivity (Wildman–Crippen MR) is 73.7 cm³/mol. The first-order valence-electron chi connectivity index (χ1n) is 6.13. The number of rotatable bonds is 3. The lowest BCUT2D eigenvalue weighted by atomic mass is 9.96. The van der Waals surface area contributed by atoms with E-state index in [2.05, 4.69) is 10.1 Å². The molecule has 3 nitrogen and oxygen atoms in total. The van der Waals surface area contributed by atoms with E-state index in [0.29, 0.717) is 16.6 Å². The number of benzene rings is 1. The van der Waals surface area contributed by atoms with Crippen LogP contribution < -0.4 is 0 Å². The summed E-state index contributed by atoms with van der Waals surface area (Å²) in [5.74, 6) is 0.969. The van der Waals surface area contributed by atoms with Crippen molar-refractivity contribution in [2.45, 2.75) is 43.3 Å². The summed E-state index contributed by atoms with van der Waals surface area (Å²) in [6.45, 7) is 8.00. The van der Waals surface area contributed by atoms with Crippen molar-refractivity contribution in [2.24, 2.45) is 0 Å². The molecule has 0 fully saturated rings. The molecule has 0 amide bonds. The van der Waals surface area contributed by atoms with Crippen LogP contribution in [0.15, 0.2) is 33.7 Å². The minimum Gasteiger partial charge on any atom is -0.338 e. The first kappa shape index (κ1) is 14.1. The van der Waals surface area contributed by atoms with E-state index in [1.807, 2.05) is 33.8 Å². The van der Waals surface area contributed by atoms with Crippen LogP contribution in [0, 0.1) is 5.82 Å². The van der Waals surface area contributed by atoms with Gasteiger partial charge in [-0.25, -0.2) is 4.39 Å². The number of nitrogens with zero attached hydrogens (tertiary/aromatic N) is 2. The van der Waals surface area contributed by atoms with Gasteiger partial charge in [-0.15, -0.1) is 11.8 Å². The summed E-state index contributed by atoms with van der Waals surface area (Å²) in [5.41, 5.74) is -0.149. The lowest BCUT2D eigenvalue weighted by Crippen LogP contribution is -2.13. The van der Waals surface area contributed by atoms with Gasteiger partial charge in [-0.1, -0.05) is 38.1 Å². The normalized spacial score (nSPS) is 13.5. The van der Waals surface area contributed by atoms with Crippen molar-refractivity contribution in [3.8, 4) is 0 Å². The van der Waals surface area contributed by atoms with Crippen LogP contribution in [0.3, 0.4) is 0 Å². The van der Waals surface area contributed by atoms with E-state index >= 15 is 0 Å². The van der Waals surface area contributed by atoms with Crippen LogP contribution in [0.5, 0.6) is 0 Å².